The summed E-state index contributed by atoms with van der Waals surface area (Å²) in [7, 11) is 0. The van der Waals surface area contributed by atoms with Gasteiger partial charge in [-0.05, 0) is 31.4 Å². The molecule has 6 heteroatoms. The third-order valence-electron chi connectivity index (χ3n) is 6.91. The van der Waals surface area contributed by atoms with Gasteiger partial charge in [0.2, 0.25) is 0 Å². The second-order valence-corrected chi connectivity index (χ2v) is 9.33. The largest absolute Gasteiger partial charge is 0.508 e. The molecule has 2 unspecified atom stereocenters. The molecule has 2 N–H and O–H groups in total. The number of rotatable bonds is 5. The minimum absolute atomic E-state index is 0.107. The minimum atomic E-state index is -0.691. The highest BCUT2D eigenvalue weighted by atomic mass is 32.1. The molecular weight excluding hydrogens is 394 g/mol. The zero-order valence-electron chi connectivity index (χ0n) is 17.8. The van der Waals surface area contributed by atoms with Gasteiger partial charge in [-0.2, -0.15) is 5.21 Å². The Morgan fingerprint density at radius 2 is 1.60 bits per heavy atom. The van der Waals surface area contributed by atoms with Crippen LogP contribution in [0.1, 0.15) is 50.6 Å². The first kappa shape index (κ1) is 21.7. The summed E-state index contributed by atoms with van der Waals surface area (Å²) in [5.74, 6) is 0.107. The molecule has 1 saturated carbocycles. The van der Waals surface area contributed by atoms with E-state index in [-0.39, 0.29) is 5.75 Å². The highest BCUT2D eigenvalue weighted by molar-refractivity contribution is 7.79. The van der Waals surface area contributed by atoms with Gasteiger partial charge >= 0.3 is 0 Å². The minimum Gasteiger partial charge on any atom is -0.508 e. The first-order chi connectivity index (χ1) is 14.4. The molecule has 1 aliphatic heterocycles. The second kappa shape index (κ2) is 9.28. The van der Waals surface area contributed by atoms with Crippen LogP contribution in [0.5, 0.6) is 5.75 Å². The van der Waals surface area contributed by atoms with Crippen LogP contribution in [-0.2, 0) is 0 Å². The van der Waals surface area contributed by atoms with E-state index in [0.29, 0.717) is 17.4 Å². The summed E-state index contributed by atoms with van der Waals surface area (Å²) in [6.07, 6.45) is 6.95. The van der Waals surface area contributed by atoms with Crippen LogP contribution in [0.3, 0.4) is 0 Å². The van der Waals surface area contributed by atoms with Gasteiger partial charge in [-0.15, -0.1) is 0 Å². The van der Waals surface area contributed by atoms with Gasteiger partial charge in [-0.25, -0.2) is 0 Å². The average molecular weight is 429 g/mol. The van der Waals surface area contributed by atoms with Crippen molar-refractivity contribution in [3.8, 4) is 5.75 Å². The topological polar surface area (TPSA) is 46.9 Å². The van der Waals surface area contributed by atoms with Gasteiger partial charge in [0.1, 0.15) is 18.6 Å². The summed E-state index contributed by atoms with van der Waals surface area (Å²) < 4.78 is -0.691. The van der Waals surface area contributed by atoms with Gasteiger partial charge in [-0.3, -0.25) is 9.80 Å². The van der Waals surface area contributed by atoms with E-state index < -0.39 is 4.05 Å². The monoisotopic (exact) mass is 428 g/mol. The number of piperazine rings is 1. The summed E-state index contributed by atoms with van der Waals surface area (Å²) in [6.45, 7) is 6.81. The molecular formula is C24H34N3O2S+. The molecule has 2 aromatic carbocycles. The summed E-state index contributed by atoms with van der Waals surface area (Å²) in [6, 6.07) is 15.7. The number of nitrogens with zero attached hydrogens (tertiary/aromatic N) is 3. The van der Waals surface area contributed by atoms with Crippen molar-refractivity contribution in [2.24, 2.45) is 0 Å². The second-order valence-electron chi connectivity index (χ2n) is 8.75. The SMILES string of the molecule is CC(c1ccc([N+](O)(S)c2cccc(O)c2)cc1)N1CCN(C2CCCCC2)CC1. The van der Waals surface area contributed by atoms with Crippen molar-refractivity contribution >= 4 is 24.2 Å². The first-order valence-corrected chi connectivity index (χ1v) is 11.6. The molecule has 2 atom stereocenters. The first-order valence-electron chi connectivity index (χ1n) is 11.2. The van der Waals surface area contributed by atoms with Gasteiger partial charge in [0, 0.05) is 62.5 Å². The van der Waals surface area contributed by atoms with Crippen molar-refractivity contribution < 1.29 is 10.3 Å². The summed E-state index contributed by atoms with van der Waals surface area (Å²) in [4.78, 5) is 5.27. The van der Waals surface area contributed by atoms with Crippen LogP contribution in [-0.4, -0.2) is 52.3 Å². The molecule has 0 radical (unpaired) electrons. The molecule has 1 aliphatic carbocycles. The van der Waals surface area contributed by atoms with E-state index in [0.717, 1.165) is 32.2 Å². The van der Waals surface area contributed by atoms with Crippen LogP contribution in [0.15, 0.2) is 48.5 Å². The van der Waals surface area contributed by atoms with E-state index >= 15 is 0 Å². The Hall–Kier alpha value is -1.57. The summed E-state index contributed by atoms with van der Waals surface area (Å²) in [5.41, 5.74) is 2.38. The van der Waals surface area contributed by atoms with Crippen LogP contribution in [0.4, 0.5) is 11.4 Å². The van der Waals surface area contributed by atoms with Gasteiger partial charge in [-0.1, -0.05) is 41.5 Å². The fourth-order valence-electron chi connectivity index (χ4n) is 4.94. The normalized spacial score (nSPS) is 22.5. The molecule has 0 spiro atoms. The highest BCUT2D eigenvalue weighted by Crippen LogP contribution is 2.37. The van der Waals surface area contributed by atoms with Crippen LogP contribution < -0.4 is 4.05 Å². The molecule has 1 heterocycles. The molecule has 30 heavy (non-hydrogen) atoms. The van der Waals surface area contributed by atoms with E-state index in [1.807, 2.05) is 12.1 Å². The molecule has 162 valence electrons. The molecule has 2 aromatic rings. The molecule has 2 fully saturated rings. The molecule has 5 nitrogen and oxygen atoms in total. The van der Waals surface area contributed by atoms with E-state index in [1.165, 1.54) is 43.7 Å². The molecule has 0 aromatic heterocycles. The Balaban J connectivity index is 1.39. The van der Waals surface area contributed by atoms with E-state index in [2.05, 4.69) is 41.7 Å². The van der Waals surface area contributed by atoms with Crippen LogP contribution in [0.2, 0.25) is 0 Å². The maximum absolute atomic E-state index is 10.9. The van der Waals surface area contributed by atoms with Gasteiger partial charge in [0.05, 0.1) is 0 Å². The molecule has 0 amide bonds. The number of benzene rings is 2. The fraction of sp³-hybridized carbons (Fsp3) is 0.500. The predicted molar refractivity (Wildman–Crippen MR) is 125 cm³/mol. The molecule has 1 saturated heterocycles. The third-order valence-corrected chi connectivity index (χ3v) is 7.37. The number of hydrogen-bond acceptors (Lipinski definition) is 5. The molecule has 0 bridgehead atoms. The Morgan fingerprint density at radius 3 is 2.23 bits per heavy atom. The van der Waals surface area contributed by atoms with Crippen molar-refractivity contribution in [1.82, 2.24) is 13.9 Å². The van der Waals surface area contributed by atoms with E-state index in [4.69, 9.17) is 0 Å². The fourth-order valence-corrected chi connectivity index (χ4v) is 5.20. The van der Waals surface area contributed by atoms with Crippen molar-refractivity contribution in [1.29, 1.82) is 0 Å². The van der Waals surface area contributed by atoms with E-state index in [9.17, 15) is 10.3 Å². The molecule has 2 aliphatic rings. The maximum atomic E-state index is 10.9. The average Bonchev–Trinajstić information content (AvgIpc) is 2.79. The van der Waals surface area contributed by atoms with E-state index in [1.54, 1.807) is 18.2 Å². The van der Waals surface area contributed by atoms with Gasteiger partial charge < -0.3 is 5.11 Å². The number of phenolic OH excluding ortho intramolecular Hbond substituents is 1. The summed E-state index contributed by atoms with van der Waals surface area (Å²) in [5, 5.41) is 20.6. The lowest BCUT2D eigenvalue weighted by Crippen LogP contribution is -2.51. The standard InChI is InChI=1S/C24H33N3O2S/c1-19(25-14-16-26(17-15-25)21-6-3-2-4-7-21)20-10-12-22(13-11-20)27(29,30)23-8-5-9-24(28)18-23/h5,8-13,18-19,21,29-30H,2-4,6-7,14-17H2,1H3/p+1. The maximum Gasteiger partial charge on any atom is 0.186 e. The summed E-state index contributed by atoms with van der Waals surface area (Å²) >= 11 is 4.43. The number of aromatic hydroxyl groups is 1. The Kier molecular flexibility index (Phi) is 6.70. The highest BCUT2D eigenvalue weighted by Gasteiger charge is 2.30. The number of hydrogen-bond donors (Lipinski definition) is 3. The number of thiol groups is 1. The van der Waals surface area contributed by atoms with Crippen LogP contribution >= 0.6 is 12.8 Å². The van der Waals surface area contributed by atoms with Gasteiger partial charge in [0.25, 0.3) is 0 Å². The van der Waals surface area contributed by atoms with Gasteiger partial charge in [0.15, 0.2) is 11.4 Å². The van der Waals surface area contributed by atoms with Crippen molar-refractivity contribution in [3.05, 3.63) is 54.1 Å². The van der Waals surface area contributed by atoms with Crippen LogP contribution in [0.25, 0.3) is 0 Å². The Labute approximate surface area is 185 Å². The van der Waals surface area contributed by atoms with Crippen LogP contribution in [0, 0.1) is 0 Å². The smallest absolute Gasteiger partial charge is 0.186 e. The third kappa shape index (κ3) is 4.68. The predicted octanol–water partition coefficient (Wildman–Crippen LogP) is 5.28. The lowest BCUT2D eigenvalue weighted by Gasteiger charge is -2.42. The zero-order chi connectivity index (χ0) is 21.1. The molecule has 4 rings (SSSR count). The lowest BCUT2D eigenvalue weighted by molar-refractivity contribution is 0.0602. The lowest BCUT2D eigenvalue weighted by atomic mass is 9.93. The van der Waals surface area contributed by atoms with Crippen molar-refractivity contribution in [2.45, 2.75) is 51.1 Å². The number of quaternary nitrogens is 1. The van der Waals surface area contributed by atoms with Crippen molar-refractivity contribution in [2.75, 3.05) is 26.2 Å². The Bertz CT molecular complexity index is 829. The zero-order valence-corrected chi connectivity index (χ0v) is 18.7. The Morgan fingerprint density at radius 1 is 0.933 bits per heavy atom. The van der Waals surface area contributed by atoms with Crippen molar-refractivity contribution in [3.63, 3.8) is 0 Å². The number of phenols is 1. The quantitative estimate of drug-likeness (QED) is 0.345.